The molecule has 4 heteroatoms. The van der Waals surface area contributed by atoms with Gasteiger partial charge in [0.15, 0.2) is 5.82 Å². The quantitative estimate of drug-likeness (QED) is 0.733. The van der Waals surface area contributed by atoms with Crippen molar-refractivity contribution in [2.75, 3.05) is 17.3 Å². The van der Waals surface area contributed by atoms with E-state index >= 15 is 0 Å². The lowest BCUT2D eigenvalue weighted by Gasteiger charge is -2.17. The molecule has 1 aliphatic heterocycles. The molecule has 1 aliphatic rings. The molecular formula is C12H13N3O. The first kappa shape index (κ1) is 9.27. The number of anilines is 3. The van der Waals surface area contributed by atoms with Gasteiger partial charge < -0.3 is 14.7 Å². The third-order valence-corrected chi connectivity index (χ3v) is 3.00. The van der Waals surface area contributed by atoms with Crippen molar-refractivity contribution in [1.82, 2.24) is 5.16 Å². The van der Waals surface area contributed by atoms with E-state index in [9.17, 15) is 0 Å². The van der Waals surface area contributed by atoms with Gasteiger partial charge in [-0.3, -0.25) is 0 Å². The Bertz CT molecular complexity index is 533. The van der Waals surface area contributed by atoms with Gasteiger partial charge in [0.25, 0.3) is 0 Å². The molecule has 0 saturated heterocycles. The highest BCUT2D eigenvalue weighted by atomic mass is 16.5. The van der Waals surface area contributed by atoms with Gasteiger partial charge in [0, 0.05) is 13.6 Å². The van der Waals surface area contributed by atoms with Crippen molar-refractivity contribution in [2.24, 2.45) is 0 Å². The molecule has 3 rings (SSSR count). The summed E-state index contributed by atoms with van der Waals surface area (Å²) in [4.78, 5) is 2.06. The lowest BCUT2D eigenvalue weighted by atomic mass is 10.2. The third kappa shape index (κ3) is 1.19. The monoisotopic (exact) mass is 215 g/mol. The van der Waals surface area contributed by atoms with Gasteiger partial charge in [-0.15, -0.1) is 0 Å². The third-order valence-electron chi connectivity index (χ3n) is 3.00. The van der Waals surface area contributed by atoms with Crippen molar-refractivity contribution in [1.29, 1.82) is 0 Å². The topological polar surface area (TPSA) is 41.3 Å². The number of benzene rings is 1. The minimum Gasteiger partial charge on any atom is -0.379 e. The van der Waals surface area contributed by atoms with E-state index in [0.29, 0.717) is 0 Å². The summed E-state index contributed by atoms with van der Waals surface area (Å²) in [6.45, 7) is 2.70. The van der Waals surface area contributed by atoms with Crippen LogP contribution in [0.5, 0.6) is 0 Å². The van der Waals surface area contributed by atoms with Gasteiger partial charge in [-0.05, 0) is 19.1 Å². The van der Waals surface area contributed by atoms with Crippen LogP contribution in [0.15, 0.2) is 28.8 Å². The molecule has 0 aliphatic carbocycles. The molecule has 1 aromatic heterocycles. The maximum absolute atomic E-state index is 5.23. The Morgan fingerprint density at radius 2 is 2.19 bits per heavy atom. The molecule has 1 N–H and O–H groups in total. The maximum atomic E-state index is 5.23. The lowest BCUT2D eigenvalue weighted by molar-refractivity contribution is 0.397. The summed E-state index contributed by atoms with van der Waals surface area (Å²) in [6.07, 6.45) is 0. The molecule has 82 valence electrons. The minimum atomic E-state index is 0.756. The number of fused-ring (bicyclic) bond motifs is 2. The number of aromatic nitrogens is 1. The van der Waals surface area contributed by atoms with Crippen molar-refractivity contribution in [2.45, 2.75) is 13.5 Å². The summed E-state index contributed by atoms with van der Waals surface area (Å²) < 4.78 is 5.23. The van der Waals surface area contributed by atoms with Crippen LogP contribution in [0, 0.1) is 6.92 Å². The van der Waals surface area contributed by atoms with Crippen LogP contribution in [0.4, 0.5) is 17.2 Å². The normalized spacial score (nSPS) is 13.8. The fourth-order valence-electron chi connectivity index (χ4n) is 2.06. The van der Waals surface area contributed by atoms with Crippen molar-refractivity contribution in [3.63, 3.8) is 0 Å². The van der Waals surface area contributed by atoms with E-state index < -0.39 is 0 Å². The van der Waals surface area contributed by atoms with Crippen LogP contribution < -0.4 is 10.2 Å². The van der Waals surface area contributed by atoms with E-state index in [2.05, 4.69) is 27.5 Å². The van der Waals surface area contributed by atoms with Crippen LogP contribution in [-0.2, 0) is 6.54 Å². The maximum Gasteiger partial charge on any atom is 0.181 e. The van der Waals surface area contributed by atoms with Gasteiger partial charge in [0.05, 0.1) is 16.9 Å². The van der Waals surface area contributed by atoms with Crippen molar-refractivity contribution in [3.05, 3.63) is 35.6 Å². The van der Waals surface area contributed by atoms with E-state index in [0.717, 1.165) is 35.1 Å². The Morgan fingerprint density at radius 1 is 1.38 bits per heavy atom. The van der Waals surface area contributed by atoms with Gasteiger partial charge in [0.2, 0.25) is 0 Å². The van der Waals surface area contributed by atoms with Crippen LogP contribution in [0.25, 0.3) is 0 Å². The molecule has 4 nitrogen and oxygen atoms in total. The summed E-state index contributed by atoms with van der Waals surface area (Å²) in [6, 6.07) is 8.20. The average molecular weight is 215 g/mol. The van der Waals surface area contributed by atoms with E-state index in [1.54, 1.807) is 0 Å². The zero-order valence-electron chi connectivity index (χ0n) is 9.32. The van der Waals surface area contributed by atoms with Crippen molar-refractivity contribution >= 4 is 17.2 Å². The lowest BCUT2D eigenvalue weighted by Crippen LogP contribution is -2.10. The minimum absolute atomic E-state index is 0.756. The van der Waals surface area contributed by atoms with Crippen LogP contribution >= 0.6 is 0 Å². The van der Waals surface area contributed by atoms with Crippen LogP contribution in [0.2, 0.25) is 0 Å². The molecular weight excluding hydrogens is 202 g/mol. The zero-order chi connectivity index (χ0) is 11.1. The Labute approximate surface area is 93.9 Å². The van der Waals surface area contributed by atoms with Gasteiger partial charge in [-0.2, -0.15) is 0 Å². The molecule has 0 bridgehead atoms. The highest BCUT2D eigenvalue weighted by Crippen LogP contribution is 2.36. The van der Waals surface area contributed by atoms with Crippen LogP contribution in [-0.4, -0.2) is 12.2 Å². The van der Waals surface area contributed by atoms with Gasteiger partial charge in [0.1, 0.15) is 5.76 Å². The van der Waals surface area contributed by atoms with E-state index in [4.69, 9.17) is 4.52 Å². The number of para-hydroxylation sites is 2. The number of rotatable bonds is 0. The zero-order valence-corrected chi connectivity index (χ0v) is 9.32. The average Bonchev–Trinajstić information content (AvgIpc) is 2.60. The number of hydrogen-bond donors (Lipinski definition) is 1. The largest absolute Gasteiger partial charge is 0.379 e. The summed E-state index contributed by atoms with van der Waals surface area (Å²) in [7, 11) is 2.01. The molecule has 0 unspecified atom stereocenters. The Hall–Kier alpha value is -1.97. The SMILES string of the molecule is Cc1onc2c1CNc1ccccc1N2C. The van der Waals surface area contributed by atoms with E-state index in [1.807, 2.05) is 26.1 Å². The summed E-state index contributed by atoms with van der Waals surface area (Å²) in [5, 5.41) is 7.50. The summed E-state index contributed by atoms with van der Waals surface area (Å²) in [5.41, 5.74) is 3.37. The number of hydrogen-bond acceptors (Lipinski definition) is 4. The molecule has 1 aromatic carbocycles. The van der Waals surface area contributed by atoms with E-state index in [-0.39, 0.29) is 0 Å². The first-order valence-electron chi connectivity index (χ1n) is 5.29. The number of nitrogens with one attached hydrogen (secondary N) is 1. The summed E-state index contributed by atoms with van der Waals surface area (Å²) >= 11 is 0. The highest BCUT2D eigenvalue weighted by Gasteiger charge is 2.22. The second-order valence-electron chi connectivity index (χ2n) is 3.97. The smallest absolute Gasteiger partial charge is 0.181 e. The predicted octanol–water partition coefficient (Wildman–Crippen LogP) is 2.68. The second-order valence-corrected chi connectivity index (χ2v) is 3.97. The Morgan fingerprint density at radius 3 is 3.06 bits per heavy atom. The van der Waals surface area contributed by atoms with Crippen molar-refractivity contribution in [3.8, 4) is 0 Å². The molecule has 0 saturated carbocycles. The molecule has 0 radical (unpaired) electrons. The first-order chi connectivity index (χ1) is 7.77. The molecule has 2 heterocycles. The van der Waals surface area contributed by atoms with Gasteiger partial charge in [-0.1, -0.05) is 17.3 Å². The number of aryl methyl sites for hydroxylation is 1. The van der Waals surface area contributed by atoms with Crippen molar-refractivity contribution < 1.29 is 4.52 Å². The number of nitrogens with zero attached hydrogens (tertiary/aromatic N) is 2. The Balaban J connectivity index is 2.18. The molecule has 0 amide bonds. The second kappa shape index (κ2) is 3.27. The summed E-state index contributed by atoms with van der Waals surface area (Å²) in [5.74, 6) is 1.78. The molecule has 0 spiro atoms. The molecule has 16 heavy (non-hydrogen) atoms. The van der Waals surface area contributed by atoms with Crippen LogP contribution in [0.3, 0.4) is 0 Å². The van der Waals surface area contributed by atoms with Gasteiger partial charge in [-0.25, -0.2) is 0 Å². The Kier molecular flexibility index (Phi) is 1.89. The highest BCUT2D eigenvalue weighted by molar-refractivity contribution is 5.78. The fourth-order valence-corrected chi connectivity index (χ4v) is 2.06. The fraction of sp³-hybridized carbons (Fsp3) is 0.250. The standard InChI is InChI=1S/C12H13N3O/c1-8-9-7-13-10-5-3-4-6-11(10)15(2)12(9)14-16-8/h3-6,13H,7H2,1-2H3. The molecule has 0 fully saturated rings. The molecule has 0 atom stereocenters. The molecule has 2 aromatic rings. The van der Waals surface area contributed by atoms with Gasteiger partial charge >= 0.3 is 0 Å². The van der Waals surface area contributed by atoms with Crippen LogP contribution in [0.1, 0.15) is 11.3 Å². The first-order valence-corrected chi connectivity index (χ1v) is 5.29. The van der Waals surface area contributed by atoms with E-state index in [1.165, 1.54) is 0 Å². The predicted molar refractivity (Wildman–Crippen MR) is 63.1 cm³/mol.